The van der Waals surface area contributed by atoms with Gasteiger partial charge in [-0.3, -0.25) is 14.5 Å². The maximum absolute atomic E-state index is 14.0. The average molecular weight is 517 g/mol. The molecule has 2 aliphatic rings. The van der Waals surface area contributed by atoms with Crippen LogP contribution >= 0.6 is 0 Å². The summed E-state index contributed by atoms with van der Waals surface area (Å²) in [5.41, 5.74) is 1.78. The minimum absolute atomic E-state index is 0.120. The van der Waals surface area contributed by atoms with Gasteiger partial charge in [0.1, 0.15) is 17.5 Å². The van der Waals surface area contributed by atoms with Crippen molar-refractivity contribution in [1.82, 2.24) is 20.4 Å². The van der Waals surface area contributed by atoms with E-state index in [1.807, 2.05) is 82.3 Å². The predicted octanol–water partition coefficient (Wildman–Crippen LogP) is 4.62. The van der Waals surface area contributed by atoms with Crippen molar-refractivity contribution in [2.45, 2.75) is 39.8 Å². The van der Waals surface area contributed by atoms with Gasteiger partial charge in [0.25, 0.3) is 5.91 Å². The van der Waals surface area contributed by atoms with E-state index in [2.05, 4.69) is 17.2 Å². The van der Waals surface area contributed by atoms with Crippen LogP contribution in [-0.2, 0) is 9.59 Å². The molecule has 4 amide bonds. The molecule has 2 aliphatic heterocycles. The normalized spacial score (nSPS) is 18.0. The third-order valence-electron chi connectivity index (χ3n) is 6.65. The molecule has 200 valence electrons. The van der Waals surface area contributed by atoms with Crippen molar-refractivity contribution in [2.75, 3.05) is 19.6 Å². The van der Waals surface area contributed by atoms with Crippen molar-refractivity contribution in [3.63, 3.8) is 0 Å². The Kier molecular flexibility index (Phi) is 8.20. The molecule has 0 saturated carbocycles. The Bertz CT molecular complexity index is 1240. The van der Waals surface area contributed by atoms with Crippen LogP contribution in [0.4, 0.5) is 4.79 Å². The van der Waals surface area contributed by atoms with Crippen molar-refractivity contribution in [3.8, 4) is 11.5 Å². The molecule has 2 aromatic carbocycles. The van der Waals surface area contributed by atoms with Crippen LogP contribution in [0.25, 0.3) is 0 Å². The van der Waals surface area contributed by atoms with E-state index >= 15 is 0 Å². The van der Waals surface area contributed by atoms with E-state index in [1.54, 1.807) is 11.0 Å². The SMILES string of the molecule is C=CCN1C(=O)N[C@@H](c2cccc(Oc3ccccc3)c2)C2=C1CN([C@@H](C(=O)NCC(C)C)C(C)C)C2=O. The zero-order valence-corrected chi connectivity index (χ0v) is 22.4. The molecule has 0 aromatic heterocycles. The standard InChI is InChI=1S/C30H36N4O4/c1-6-15-33-24-18-34(27(20(4)5)28(35)31-17-19(2)3)29(36)25(24)26(32-30(33)37)21-11-10-14-23(16-21)38-22-12-8-7-9-13-22/h6-14,16,19-20,26-27H,1,15,17-18H2,2-5H3,(H,31,35)(H,32,37)/t26-,27+/m0/s1. The molecule has 8 nitrogen and oxygen atoms in total. The van der Waals surface area contributed by atoms with E-state index in [9.17, 15) is 14.4 Å². The number of urea groups is 1. The van der Waals surface area contributed by atoms with Crippen LogP contribution < -0.4 is 15.4 Å². The molecule has 38 heavy (non-hydrogen) atoms. The Labute approximate surface area is 224 Å². The van der Waals surface area contributed by atoms with Crippen LogP contribution in [0, 0.1) is 11.8 Å². The molecule has 2 atom stereocenters. The van der Waals surface area contributed by atoms with Crippen LogP contribution in [0.5, 0.6) is 11.5 Å². The number of carbonyl (C=O) groups is 3. The van der Waals surface area contributed by atoms with E-state index in [0.717, 1.165) is 5.56 Å². The van der Waals surface area contributed by atoms with Gasteiger partial charge >= 0.3 is 6.03 Å². The van der Waals surface area contributed by atoms with Crippen molar-refractivity contribution in [1.29, 1.82) is 0 Å². The fourth-order valence-electron chi connectivity index (χ4n) is 4.91. The molecular formula is C30H36N4O4. The number of nitrogens with zero attached hydrogens (tertiary/aromatic N) is 2. The van der Waals surface area contributed by atoms with Gasteiger partial charge in [0.05, 0.1) is 23.9 Å². The zero-order valence-electron chi connectivity index (χ0n) is 22.4. The Hall–Kier alpha value is -4.07. The number of amides is 4. The second kappa shape index (κ2) is 11.5. The molecule has 2 heterocycles. The zero-order chi connectivity index (χ0) is 27.4. The lowest BCUT2D eigenvalue weighted by Crippen LogP contribution is -2.52. The summed E-state index contributed by atoms with van der Waals surface area (Å²) in [5.74, 6) is 0.994. The lowest BCUT2D eigenvalue weighted by molar-refractivity contribution is -0.138. The number of ether oxygens (including phenoxy) is 1. The van der Waals surface area contributed by atoms with E-state index in [1.165, 1.54) is 4.90 Å². The van der Waals surface area contributed by atoms with E-state index in [4.69, 9.17) is 4.74 Å². The van der Waals surface area contributed by atoms with Crippen LogP contribution in [0.15, 0.2) is 78.5 Å². The van der Waals surface area contributed by atoms with E-state index in [-0.39, 0.29) is 42.8 Å². The maximum atomic E-state index is 14.0. The number of rotatable bonds is 10. The highest BCUT2D eigenvalue weighted by Gasteiger charge is 2.47. The number of hydrogen-bond donors (Lipinski definition) is 2. The fraction of sp³-hybridized carbons (Fsp3) is 0.367. The second-order valence-electron chi connectivity index (χ2n) is 10.4. The number of carbonyl (C=O) groups excluding carboxylic acids is 3. The van der Waals surface area contributed by atoms with Crippen molar-refractivity contribution in [3.05, 3.63) is 84.1 Å². The molecule has 4 rings (SSSR count). The van der Waals surface area contributed by atoms with Crippen LogP contribution in [-0.4, -0.2) is 53.3 Å². The van der Waals surface area contributed by atoms with Crippen LogP contribution in [0.1, 0.15) is 39.3 Å². The van der Waals surface area contributed by atoms with Gasteiger partial charge < -0.3 is 20.3 Å². The molecular weight excluding hydrogens is 480 g/mol. The molecule has 0 fully saturated rings. The number of nitrogens with one attached hydrogen (secondary N) is 2. The van der Waals surface area contributed by atoms with Gasteiger partial charge in [0.15, 0.2) is 0 Å². The first kappa shape index (κ1) is 27.0. The third kappa shape index (κ3) is 5.59. The van der Waals surface area contributed by atoms with Gasteiger partial charge in [-0.15, -0.1) is 6.58 Å². The minimum Gasteiger partial charge on any atom is -0.457 e. The first-order valence-corrected chi connectivity index (χ1v) is 13.0. The van der Waals surface area contributed by atoms with Crippen LogP contribution in [0.2, 0.25) is 0 Å². The van der Waals surface area contributed by atoms with Gasteiger partial charge in [-0.25, -0.2) is 4.79 Å². The van der Waals surface area contributed by atoms with E-state index in [0.29, 0.717) is 29.3 Å². The molecule has 0 bridgehead atoms. The summed E-state index contributed by atoms with van der Waals surface area (Å²) >= 11 is 0. The highest BCUT2D eigenvalue weighted by molar-refractivity contribution is 6.03. The predicted molar refractivity (Wildman–Crippen MR) is 146 cm³/mol. The largest absolute Gasteiger partial charge is 0.457 e. The summed E-state index contributed by atoms with van der Waals surface area (Å²) in [7, 11) is 0. The first-order valence-electron chi connectivity index (χ1n) is 13.0. The van der Waals surface area contributed by atoms with Crippen molar-refractivity contribution in [2.24, 2.45) is 11.8 Å². The van der Waals surface area contributed by atoms with E-state index < -0.39 is 12.1 Å². The third-order valence-corrected chi connectivity index (χ3v) is 6.65. The smallest absolute Gasteiger partial charge is 0.322 e. The molecule has 0 saturated heterocycles. The van der Waals surface area contributed by atoms with Gasteiger partial charge in [-0.05, 0) is 41.7 Å². The summed E-state index contributed by atoms with van der Waals surface area (Å²) in [5, 5.41) is 5.98. The summed E-state index contributed by atoms with van der Waals surface area (Å²) in [6.07, 6.45) is 1.63. The number of para-hydroxylation sites is 1. The van der Waals surface area contributed by atoms with Gasteiger partial charge in [0, 0.05) is 13.1 Å². The summed E-state index contributed by atoms with van der Waals surface area (Å²) < 4.78 is 6.00. The lowest BCUT2D eigenvalue weighted by atomic mass is 9.95. The second-order valence-corrected chi connectivity index (χ2v) is 10.4. The van der Waals surface area contributed by atoms with Crippen LogP contribution in [0.3, 0.4) is 0 Å². The molecule has 0 spiro atoms. The molecule has 0 aliphatic carbocycles. The fourth-order valence-corrected chi connectivity index (χ4v) is 4.91. The van der Waals surface area contributed by atoms with Crippen molar-refractivity contribution >= 4 is 17.8 Å². The molecule has 2 N–H and O–H groups in total. The first-order chi connectivity index (χ1) is 18.2. The van der Waals surface area contributed by atoms with Gasteiger partial charge in [-0.2, -0.15) is 0 Å². The Morgan fingerprint density at radius 2 is 1.82 bits per heavy atom. The highest BCUT2D eigenvalue weighted by atomic mass is 16.5. The molecule has 8 heteroatoms. The summed E-state index contributed by atoms with van der Waals surface area (Å²) in [4.78, 5) is 43.5. The lowest BCUT2D eigenvalue weighted by Gasteiger charge is -2.33. The summed E-state index contributed by atoms with van der Waals surface area (Å²) in [6.45, 7) is 12.6. The summed E-state index contributed by atoms with van der Waals surface area (Å²) in [6, 6.07) is 15.1. The molecule has 0 radical (unpaired) electrons. The maximum Gasteiger partial charge on any atom is 0.322 e. The topological polar surface area (TPSA) is 91.0 Å². The Morgan fingerprint density at radius 3 is 2.47 bits per heavy atom. The monoisotopic (exact) mass is 516 g/mol. The quantitative estimate of drug-likeness (QED) is 0.451. The van der Waals surface area contributed by atoms with Gasteiger partial charge in [0.2, 0.25) is 5.91 Å². The molecule has 2 aromatic rings. The molecule has 0 unspecified atom stereocenters. The Morgan fingerprint density at radius 1 is 1.11 bits per heavy atom. The Balaban J connectivity index is 1.69. The number of benzene rings is 2. The minimum atomic E-state index is -0.679. The number of hydrogen-bond acceptors (Lipinski definition) is 4. The van der Waals surface area contributed by atoms with Crippen molar-refractivity contribution < 1.29 is 19.1 Å². The average Bonchev–Trinajstić information content (AvgIpc) is 3.21. The highest BCUT2D eigenvalue weighted by Crippen LogP contribution is 2.39. The van der Waals surface area contributed by atoms with Gasteiger partial charge in [-0.1, -0.05) is 64.1 Å².